The molecule has 7 rings (SSSR count). The van der Waals surface area contributed by atoms with Crippen molar-refractivity contribution in [3.63, 3.8) is 0 Å². The molecule has 0 spiro atoms. The summed E-state index contributed by atoms with van der Waals surface area (Å²) in [5, 5.41) is 4.63. The Labute approximate surface area is 223 Å². The first-order valence-electron chi connectivity index (χ1n) is 13.0. The van der Waals surface area contributed by atoms with Crippen LogP contribution in [-0.4, -0.2) is 19.5 Å². The van der Waals surface area contributed by atoms with Crippen molar-refractivity contribution in [1.82, 2.24) is 0 Å². The molecule has 4 aromatic carbocycles. The molecule has 0 aliphatic carbocycles. The fourth-order valence-electron chi connectivity index (χ4n) is 5.66. The highest BCUT2D eigenvalue weighted by Gasteiger charge is 2.31. The summed E-state index contributed by atoms with van der Waals surface area (Å²) >= 11 is 0. The first-order valence-corrected chi connectivity index (χ1v) is 13.0. The van der Waals surface area contributed by atoms with Crippen molar-refractivity contribution in [2.45, 2.75) is 19.9 Å². The molecule has 1 N–H and O–H groups in total. The van der Waals surface area contributed by atoms with E-state index in [2.05, 4.69) is 111 Å². The number of para-hydroxylation sites is 1. The Morgan fingerprint density at radius 3 is 2.29 bits per heavy atom. The van der Waals surface area contributed by atoms with Gasteiger partial charge in [-0.1, -0.05) is 113 Å². The monoisotopic (exact) mass is 489 g/mol. The highest BCUT2D eigenvalue weighted by atomic mass is 16.4. The lowest BCUT2D eigenvalue weighted by Crippen LogP contribution is -2.31. The van der Waals surface area contributed by atoms with Gasteiger partial charge in [0.05, 0.1) is 17.3 Å². The average Bonchev–Trinajstić information content (AvgIpc) is 3.32. The number of dihydropyridines is 1. The van der Waals surface area contributed by atoms with Crippen LogP contribution in [0.3, 0.4) is 0 Å². The molecule has 181 valence electrons. The molecule has 1 aromatic heterocycles. The van der Waals surface area contributed by atoms with Gasteiger partial charge in [-0.15, -0.1) is 0 Å². The lowest BCUT2D eigenvalue weighted by atomic mass is 9.61. The standard InChI is InChI=1S/C34H26BN2O/c1-21-19-25(20-22(2)32(21)35-26-9-4-3-5-10-26)23-14-16-24(17-15-23)30-31-27-11-6-7-13-29(27)38-34(31)37-28-12-8-18-36-33(28)30/h3-20,28,37H,1-2H3. The summed E-state index contributed by atoms with van der Waals surface area (Å²) in [6.45, 7) is 4.39. The van der Waals surface area contributed by atoms with E-state index >= 15 is 0 Å². The van der Waals surface area contributed by atoms with Gasteiger partial charge in [-0.2, -0.15) is 0 Å². The van der Waals surface area contributed by atoms with Crippen LogP contribution in [0.15, 0.2) is 118 Å². The number of hydrogen-bond donors (Lipinski definition) is 1. The largest absolute Gasteiger partial charge is 0.440 e. The van der Waals surface area contributed by atoms with Crippen LogP contribution >= 0.6 is 0 Å². The van der Waals surface area contributed by atoms with Gasteiger partial charge in [0.25, 0.3) is 0 Å². The number of hydrogen-bond acceptors (Lipinski definition) is 3. The maximum Gasteiger partial charge on any atom is 0.203 e. The van der Waals surface area contributed by atoms with Gasteiger partial charge in [0.15, 0.2) is 7.28 Å². The van der Waals surface area contributed by atoms with Gasteiger partial charge in [0.2, 0.25) is 5.88 Å². The zero-order valence-corrected chi connectivity index (χ0v) is 21.4. The van der Waals surface area contributed by atoms with E-state index in [4.69, 9.17) is 9.41 Å². The number of benzene rings is 4. The van der Waals surface area contributed by atoms with Crippen molar-refractivity contribution >= 4 is 46.8 Å². The van der Waals surface area contributed by atoms with Crippen molar-refractivity contribution in [2.24, 2.45) is 4.99 Å². The fourth-order valence-corrected chi connectivity index (χ4v) is 5.66. The van der Waals surface area contributed by atoms with Crippen LogP contribution in [0.2, 0.25) is 0 Å². The molecule has 38 heavy (non-hydrogen) atoms. The summed E-state index contributed by atoms with van der Waals surface area (Å²) in [4.78, 5) is 4.80. The second kappa shape index (κ2) is 9.07. The van der Waals surface area contributed by atoms with Crippen molar-refractivity contribution in [3.05, 3.63) is 131 Å². The molecule has 0 saturated heterocycles. The van der Waals surface area contributed by atoms with Crippen LogP contribution < -0.4 is 16.2 Å². The zero-order chi connectivity index (χ0) is 25.6. The third kappa shape index (κ3) is 3.81. The Bertz CT molecular complexity index is 1750. The van der Waals surface area contributed by atoms with E-state index in [-0.39, 0.29) is 6.04 Å². The van der Waals surface area contributed by atoms with E-state index in [1.807, 2.05) is 24.4 Å². The third-order valence-corrected chi connectivity index (χ3v) is 7.50. The van der Waals surface area contributed by atoms with Gasteiger partial charge in [-0.05, 0) is 42.7 Å². The van der Waals surface area contributed by atoms with Crippen molar-refractivity contribution in [3.8, 4) is 11.1 Å². The summed E-state index contributed by atoms with van der Waals surface area (Å²) in [5.41, 5.74) is 12.7. The summed E-state index contributed by atoms with van der Waals surface area (Å²) < 4.78 is 6.23. The second-order valence-corrected chi connectivity index (χ2v) is 10.0. The number of allylic oxidation sites excluding steroid dienone is 1. The fraction of sp³-hybridized carbons (Fsp3) is 0.0882. The molecular formula is C34H26BN2O. The molecule has 4 heteroatoms. The van der Waals surface area contributed by atoms with Crippen LogP contribution in [0.5, 0.6) is 0 Å². The van der Waals surface area contributed by atoms with Crippen LogP contribution in [-0.2, 0) is 0 Å². The van der Waals surface area contributed by atoms with Crippen LogP contribution in [0.25, 0.3) is 27.7 Å². The van der Waals surface area contributed by atoms with E-state index in [1.165, 1.54) is 33.2 Å². The molecule has 2 aliphatic heterocycles. The molecule has 1 atom stereocenters. The summed E-state index contributed by atoms with van der Waals surface area (Å²) in [6.07, 6.45) is 5.99. The topological polar surface area (TPSA) is 37.5 Å². The first-order chi connectivity index (χ1) is 18.7. The van der Waals surface area contributed by atoms with Gasteiger partial charge in [0.1, 0.15) is 5.58 Å². The number of nitrogens with zero attached hydrogens (tertiary/aromatic N) is 1. The number of nitrogens with one attached hydrogen (secondary N) is 1. The number of aryl methyl sites for hydroxylation is 2. The molecule has 5 aromatic rings. The molecule has 1 radical (unpaired) electrons. The van der Waals surface area contributed by atoms with Gasteiger partial charge in [0, 0.05) is 17.2 Å². The van der Waals surface area contributed by atoms with Gasteiger partial charge in [-0.25, -0.2) is 0 Å². The molecule has 2 aliphatic rings. The second-order valence-electron chi connectivity index (χ2n) is 10.0. The minimum atomic E-state index is -0.0125. The summed E-state index contributed by atoms with van der Waals surface area (Å²) in [5.74, 6) is 0.803. The van der Waals surface area contributed by atoms with Gasteiger partial charge in [-0.3, -0.25) is 4.99 Å². The predicted molar refractivity (Wildman–Crippen MR) is 160 cm³/mol. The minimum Gasteiger partial charge on any atom is -0.440 e. The quantitative estimate of drug-likeness (QED) is 0.290. The number of aliphatic imine (C=N–C) groups is 1. The Hall–Kier alpha value is -4.57. The molecule has 0 fully saturated rings. The predicted octanol–water partition coefficient (Wildman–Crippen LogP) is 6.57. The highest BCUT2D eigenvalue weighted by Crippen LogP contribution is 2.45. The molecule has 1 unspecified atom stereocenters. The molecule has 0 bridgehead atoms. The normalized spacial score (nSPS) is 15.8. The van der Waals surface area contributed by atoms with Gasteiger partial charge >= 0.3 is 0 Å². The maximum atomic E-state index is 6.23. The number of furan rings is 1. The lowest BCUT2D eigenvalue weighted by molar-refractivity contribution is 0.620. The molecule has 3 nitrogen and oxygen atoms in total. The maximum absolute atomic E-state index is 6.23. The van der Waals surface area contributed by atoms with Crippen molar-refractivity contribution in [2.75, 3.05) is 5.32 Å². The van der Waals surface area contributed by atoms with E-state index in [0.29, 0.717) is 0 Å². The number of rotatable bonds is 4. The molecule has 0 amide bonds. The highest BCUT2D eigenvalue weighted by molar-refractivity contribution is 6.68. The number of anilines is 1. The van der Waals surface area contributed by atoms with Crippen LogP contribution in [0.4, 0.5) is 5.88 Å². The van der Waals surface area contributed by atoms with Crippen molar-refractivity contribution in [1.29, 1.82) is 0 Å². The smallest absolute Gasteiger partial charge is 0.203 e. The zero-order valence-electron chi connectivity index (χ0n) is 21.4. The molecule has 0 saturated carbocycles. The Balaban J connectivity index is 1.28. The molecular weight excluding hydrogens is 463 g/mol. The Kier molecular flexibility index (Phi) is 5.40. The minimum absolute atomic E-state index is 0.0125. The summed E-state index contributed by atoms with van der Waals surface area (Å²) in [7, 11) is 2.27. The Morgan fingerprint density at radius 2 is 1.50 bits per heavy atom. The van der Waals surface area contributed by atoms with Crippen molar-refractivity contribution < 1.29 is 4.42 Å². The Morgan fingerprint density at radius 1 is 0.789 bits per heavy atom. The summed E-state index contributed by atoms with van der Waals surface area (Å²) in [6, 6.07) is 32.2. The lowest BCUT2D eigenvalue weighted by Gasteiger charge is -2.27. The average molecular weight is 489 g/mol. The first kappa shape index (κ1) is 22.6. The van der Waals surface area contributed by atoms with E-state index in [9.17, 15) is 0 Å². The van der Waals surface area contributed by atoms with E-state index in [1.54, 1.807) is 0 Å². The van der Waals surface area contributed by atoms with Crippen LogP contribution in [0, 0.1) is 13.8 Å². The van der Waals surface area contributed by atoms with E-state index in [0.717, 1.165) is 39.3 Å². The number of fused-ring (bicyclic) bond motifs is 4. The van der Waals surface area contributed by atoms with Gasteiger partial charge < -0.3 is 9.73 Å². The molecule has 3 heterocycles. The third-order valence-electron chi connectivity index (χ3n) is 7.50. The SMILES string of the molecule is Cc1cc(-c2ccc(C3=C4N=CC=CC4Nc4oc5ccccc5c43)cc2)cc(C)c1[B]c1ccccc1. The van der Waals surface area contributed by atoms with E-state index < -0.39 is 0 Å². The van der Waals surface area contributed by atoms with Crippen LogP contribution in [0.1, 0.15) is 22.3 Å².